The number of rotatable bonds is 4. The summed E-state index contributed by atoms with van der Waals surface area (Å²) in [7, 11) is 1.57. The molecule has 2 rings (SSSR count). The summed E-state index contributed by atoms with van der Waals surface area (Å²) in [5, 5.41) is 0. The molecule has 0 radical (unpaired) electrons. The molecule has 0 aromatic heterocycles. The molecule has 0 spiro atoms. The summed E-state index contributed by atoms with van der Waals surface area (Å²) < 4.78 is 16.4. The fraction of sp³-hybridized carbons (Fsp3) is 0.462. The summed E-state index contributed by atoms with van der Waals surface area (Å²) in [6.07, 6.45) is 3.59. The normalized spacial score (nSPS) is 19.7. The van der Waals surface area contributed by atoms with Crippen LogP contribution in [0.2, 0.25) is 0 Å². The molecule has 0 N–H and O–H groups in total. The van der Waals surface area contributed by atoms with E-state index in [0.717, 1.165) is 32.2 Å². The molecule has 17 heavy (non-hydrogen) atoms. The van der Waals surface area contributed by atoms with E-state index < -0.39 is 0 Å². The average Bonchev–Trinajstić information content (AvgIpc) is 2.40. The zero-order valence-electron chi connectivity index (χ0n) is 9.85. The minimum absolute atomic E-state index is 0.237. The highest BCUT2D eigenvalue weighted by atomic mass is 16.7. The first kappa shape index (κ1) is 11.9. The van der Waals surface area contributed by atoms with E-state index >= 15 is 0 Å². The van der Waals surface area contributed by atoms with Gasteiger partial charge in [-0.2, -0.15) is 0 Å². The van der Waals surface area contributed by atoms with Crippen LogP contribution >= 0.6 is 0 Å². The van der Waals surface area contributed by atoms with Crippen molar-refractivity contribution in [2.45, 2.75) is 25.6 Å². The van der Waals surface area contributed by atoms with Gasteiger partial charge in [0.1, 0.15) is 6.29 Å². The second kappa shape index (κ2) is 5.68. The van der Waals surface area contributed by atoms with Gasteiger partial charge in [-0.05, 0) is 31.0 Å². The van der Waals surface area contributed by atoms with Crippen molar-refractivity contribution >= 4 is 6.29 Å². The third kappa shape index (κ3) is 2.97. The Morgan fingerprint density at radius 2 is 2.24 bits per heavy atom. The van der Waals surface area contributed by atoms with E-state index in [1.165, 1.54) is 0 Å². The van der Waals surface area contributed by atoms with Crippen LogP contribution < -0.4 is 9.47 Å². The molecular formula is C13H16O4. The van der Waals surface area contributed by atoms with E-state index in [2.05, 4.69) is 0 Å². The van der Waals surface area contributed by atoms with Crippen molar-refractivity contribution in [3.8, 4) is 11.5 Å². The minimum atomic E-state index is -0.237. The molecule has 0 amide bonds. The van der Waals surface area contributed by atoms with Crippen molar-refractivity contribution in [3.63, 3.8) is 0 Å². The van der Waals surface area contributed by atoms with Gasteiger partial charge in [-0.3, -0.25) is 4.79 Å². The van der Waals surface area contributed by atoms with Crippen molar-refractivity contribution in [2.75, 3.05) is 13.7 Å². The Morgan fingerprint density at radius 1 is 1.35 bits per heavy atom. The highest BCUT2D eigenvalue weighted by molar-refractivity contribution is 5.76. The largest absolute Gasteiger partial charge is 0.493 e. The van der Waals surface area contributed by atoms with Crippen LogP contribution in [0.4, 0.5) is 0 Å². The molecule has 1 saturated heterocycles. The third-order valence-electron chi connectivity index (χ3n) is 2.72. The average molecular weight is 236 g/mol. The van der Waals surface area contributed by atoms with Crippen LogP contribution in [0.25, 0.3) is 0 Å². The molecule has 1 aromatic rings. The molecule has 1 heterocycles. The highest BCUT2D eigenvalue weighted by Crippen LogP contribution is 2.30. The van der Waals surface area contributed by atoms with Gasteiger partial charge >= 0.3 is 0 Å². The van der Waals surface area contributed by atoms with Crippen LogP contribution in [0, 0.1) is 0 Å². The van der Waals surface area contributed by atoms with Gasteiger partial charge in [0.2, 0.25) is 0 Å². The smallest absolute Gasteiger partial charge is 0.200 e. The van der Waals surface area contributed by atoms with Crippen molar-refractivity contribution in [1.82, 2.24) is 0 Å². The summed E-state index contributed by atoms with van der Waals surface area (Å²) in [4.78, 5) is 10.7. The van der Waals surface area contributed by atoms with Crippen LogP contribution in [0.15, 0.2) is 18.2 Å². The number of ether oxygens (including phenoxy) is 3. The second-order valence-electron chi connectivity index (χ2n) is 3.94. The fourth-order valence-electron chi connectivity index (χ4n) is 1.80. The number of benzene rings is 1. The summed E-state index contributed by atoms with van der Waals surface area (Å²) in [6.45, 7) is 0.723. The van der Waals surface area contributed by atoms with Crippen LogP contribution in [-0.4, -0.2) is 26.3 Å². The Bertz CT molecular complexity index is 383. The molecule has 0 saturated carbocycles. The van der Waals surface area contributed by atoms with E-state index in [1.54, 1.807) is 25.3 Å². The molecule has 1 fully saturated rings. The monoisotopic (exact) mass is 236 g/mol. The molecule has 4 heteroatoms. The quantitative estimate of drug-likeness (QED) is 0.753. The highest BCUT2D eigenvalue weighted by Gasteiger charge is 2.17. The van der Waals surface area contributed by atoms with E-state index in [1.807, 2.05) is 0 Å². The van der Waals surface area contributed by atoms with E-state index in [-0.39, 0.29) is 6.29 Å². The van der Waals surface area contributed by atoms with Crippen LogP contribution in [0.5, 0.6) is 11.5 Å². The van der Waals surface area contributed by atoms with Crippen molar-refractivity contribution in [2.24, 2.45) is 0 Å². The zero-order valence-corrected chi connectivity index (χ0v) is 9.85. The van der Waals surface area contributed by atoms with Crippen molar-refractivity contribution < 1.29 is 19.0 Å². The van der Waals surface area contributed by atoms with Crippen molar-refractivity contribution in [1.29, 1.82) is 0 Å². The second-order valence-corrected chi connectivity index (χ2v) is 3.94. The summed E-state index contributed by atoms with van der Waals surface area (Å²) in [6, 6.07) is 5.09. The van der Waals surface area contributed by atoms with E-state index in [9.17, 15) is 4.79 Å². The molecule has 1 unspecified atom stereocenters. The Morgan fingerprint density at radius 3 is 2.88 bits per heavy atom. The Kier molecular flexibility index (Phi) is 3.98. The molecule has 4 nitrogen and oxygen atoms in total. The van der Waals surface area contributed by atoms with Crippen LogP contribution in [0.3, 0.4) is 0 Å². The number of hydrogen-bond acceptors (Lipinski definition) is 4. The van der Waals surface area contributed by atoms with Crippen molar-refractivity contribution in [3.05, 3.63) is 23.8 Å². The van der Waals surface area contributed by atoms with Gasteiger partial charge < -0.3 is 14.2 Å². The molecule has 0 aliphatic carbocycles. The van der Waals surface area contributed by atoms with Crippen LogP contribution in [0.1, 0.15) is 29.6 Å². The molecular weight excluding hydrogens is 220 g/mol. The number of carbonyl (C=O) groups excluding carboxylic acids is 1. The standard InChI is InChI=1S/C13H16O4/c1-15-11-6-5-10(9-14)8-12(11)17-13-4-2-3-7-16-13/h5-6,8-9,13H,2-4,7H2,1H3. The van der Waals surface area contributed by atoms with Gasteiger partial charge in [0.25, 0.3) is 0 Å². The number of carbonyl (C=O) groups is 1. The zero-order chi connectivity index (χ0) is 12.1. The van der Waals surface area contributed by atoms with Gasteiger partial charge in [-0.1, -0.05) is 0 Å². The topological polar surface area (TPSA) is 44.8 Å². The molecule has 1 aromatic carbocycles. The number of methoxy groups -OCH3 is 1. The first-order chi connectivity index (χ1) is 8.33. The molecule has 0 bridgehead atoms. The Balaban J connectivity index is 2.13. The SMILES string of the molecule is COc1ccc(C=O)cc1OC1CCCCO1. The van der Waals surface area contributed by atoms with Gasteiger partial charge in [-0.25, -0.2) is 0 Å². The molecule has 1 aliphatic heterocycles. The third-order valence-corrected chi connectivity index (χ3v) is 2.72. The lowest BCUT2D eigenvalue weighted by Gasteiger charge is -2.24. The van der Waals surface area contributed by atoms with Crippen LogP contribution in [-0.2, 0) is 4.74 Å². The minimum Gasteiger partial charge on any atom is -0.493 e. The van der Waals surface area contributed by atoms with Gasteiger partial charge in [0.05, 0.1) is 13.7 Å². The summed E-state index contributed by atoms with van der Waals surface area (Å²) in [5.41, 5.74) is 0.566. The van der Waals surface area contributed by atoms with Gasteiger partial charge in [-0.15, -0.1) is 0 Å². The van der Waals surface area contributed by atoms with Gasteiger partial charge in [0.15, 0.2) is 17.8 Å². The van der Waals surface area contributed by atoms with Gasteiger partial charge in [0, 0.05) is 12.0 Å². The maximum absolute atomic E-state index is 10.7. The maximum atomic E-state index is 10.7. The lowest BCUT2D eigenvalue weighted by atomic mass is 10.2. The lowest BCUT2D eigenvalue weighted by molar-refractivity contribution is -0.106. The fourth-order valence-corrected chi connectivity index (χ4v) is 1.80. The summed E-state index contributed by atoms with van der Waals surface area (Å²) in [5.74, 6) is 1.17. The van der Waals surface area contributed by atoms with E-state index in [4.69, 9.17) is 14.2 Å². The molecule has 1 aliphatic rings. The Labute approximate surface area is 100 Å². The molecule has 92 valence electrons. The van der Waals surface area contributed by atoms with E-state index in [0.29, 0.717) is 17.1 Å². The lowest BCUT2D eigenvalue weighted by Crippen LogP contribution is -2.25. The molecule has 1 atom stereocenters. The maximum Gasteiger partial charge on any atom is 0.200 e. The predicted octanol–water partition coefficient (Wildman–Crippen LogP) is 2.41. The number of aldehydes is 1. The first-order valence-corrected chi connectivity index (χ1v) is 5.75. The Hall–Kier alpha value is -1.55. The summed E-state index contributed by atoms with van der Waals surface area (Å²) >= 11 is 0. The predicted molar refractivity (Wildman–Crippen MR) is 62.6 cm³/mol. The first-order valence-electron chi connectivity index (χ1n) is 5.75. The number of hydrogen-bond donors (Lipinski definition) is 0.